The Kier molecular flexibility index (Phi) is 4.12. The van der Waals surface area contributed by atoms with E-state index in [0.717, 1.165) is 16.5 Å². The van der Waals surface area contributed by atoms with Crippen LogP contribution in [-0.4, -0.2) is 35.9 Å². The van der Waals surface area contributed by atoms with E-state index in [2.05, 4.69) is 10.3 Å². The third-order valence-electron chi connectivity index (χ3n) is 3.14. The molecular weight excluding hydrogens is 262 g/mol. The van der Waals surface area contributed by atoms with Crippen molar-refractivity contribution in [2.24, 2.45) is 0 Å². The number of aromatic amines is 1. The minimum atomic E-state index is -0.202. The molecule has 4 nitrogen and oxygen atoms in total. The molecule has 0 aliphatic carbocycles. The minimum Gasteiger partial charge on any atom is -0.361 e. The SMILES string of the molecule is CC(NCc1c[nH]c2cc(Cl)ccc12)C(=O)N(C)C. The average molecular weight is 280 g/mol. The summed E-state index contributed by atoms with van der Waals surface area (Å²) >= 11 is 5.95. The first-order chi connectivity index (χ1) is 8.99. The third-order valence-corrected chi connectivity index (χ3v) is 3.37. The summed E-state index contributed by atoms with van der Waals surface area (Å²) in [7, 11) is 3.52. The Hall–Kier alpha value is -1.52. The quantitative estimate of drug-likeness (QED) is 0.903. The van der Waals surface area contributed by atoms with E-state index in [1.807, 2.05) is 31.3 Å². The number of carbonyl (C=O) groups is 1. The number of amides is 1. The van der Waals surface area contributed by atoms with Gasteiger partial charge in [-0.05, 0) is 24.6 Å². The molecule has 0 radical (unpaired) electrons. The van der Waals surface area contributed by atoms with E-state index in [-0.39, 0.29) is 11.9 Å². The predicted octanol–water partition coefficient (Wildman–Crippen LogP) is 2.39. The molecule has 19 heavy (non-hydrogen) atoms. The van der Waals surface area contributed by atoms with Gasteiger partial charge in [0.15, 0.2) is 0 Å². The van der Waals surface area contributed by atoms with Gasteiger partial charge in [0.1, 0.15) is 0 Å². The van der Waals surface area contributed by atoms with Gasteiger partial charge in [0.05, 0.1) is 6.04 Å². The summed E-state index contributed by atoms with van der Waals surface area (Å²) < 4.78 is 0. The van der Waals surface area contributed by atoms with Crippen molar-refractivity contribution in [1.29, 1.82) is 0 Å². The second-order valence-electron chi connectivity index (χ2n) is 4.84. The molecule has 2 N–H and O–H groups in total. The molecule has 1 heterocycles. The number of rotatable bonds is 4. The van der Waals surface area contributed by atoms with Crippen LogP contribution in [0.2, 0.25) is 5.02 Å². The van der Waals surface area contributed by atoms with Crippen molar-refractivity contribution in [1.82, 2.24) is 15.2 Å². The minimum absolute atomic E-state index is 0.0721. The van der Waals surface area contributed by atoms with Gasteiger partial charge in [-0.1, -0.05) is 17.7 Å². The van der Waals surface area contributed by atoms with E-state index < -0.39 is 0 Å². The number of hydrogen-bond acceptors (Lipinski definition) is 2. The van der Waals surface area contributed by atoms with Crippen LogP contribution in [0.1, 0.15) is 12.5 Å². The molecule has 0 aliphatic rings. The van der Waals surface area contributed by atoms with Crippen molar-refractivity contribution in [3.05, 3.63) is 35.0 Å². The third kappa shape index (κ3) is 3.08. The van der Waals surface area contributed by atoms with Crippen LogP contribution >= 0.6 is 11.6 Å². The Bertz CT molecular complexity index is 591. The zero-order valence-corrected chi connectivity index (χ0v) is 12.1. The summed E-state index contributed by atoms with van der Waals surface area (Å²) in [5, 5.41) is 5.07. The molecule has 0 bridgehead atoms. The molecular formula is C14H18ClN3O. The zero-order chi connectivity index (χ0) is 14.0. The van der Waals surface area contributed by atoms with Gasteiger partial charge in [-0.3, -0.25) is 4.79 Å². The first kappa shape index (κ1) is 13.9. The number of benzene rings is 1. The second-order valence-corrected chi connectivity index (χ2v) is 5.28. The Balaban J connectivity index is 2.08. The van der Waals surface area contributed by atoms with Gasteiger partial charge in [0.25, 0.3) is 0 Å². The van der Waals surface area contributed by atoms with Gasteiger partial charge in [-0.15, -0.1) is 0 Å². The fraction of sp³-hybridized carbons (Fsp3) is 0.357. The molecule has 1 atom stereocenters. The van der Waals surface area contributed by atoms with Crippen LogP contribution in [0.15, 0.2) is 24.4 Å². The standard InChI is InChI=1S/C14H18ClN3O/c1-9(14(19)18(2)3)16-7-10-8-17-13-6-11(15)4-5-12(10)13/h4-6,8-9,16-17H,7H2,1-3H3. The normalized spacial score (nSPS) is 12.6. The highest BCUT2D eigenvalue weighted by molar-refractivity contribution is 6.31. The molecule has 2 aromatic rings. The van der Waals surface area contributed by atoms with Crippen molar-refractivity contribution in [3.8, 4) is 0 Å². The van der Waals surface area contributed by atoms with E-state index >= 15 is 0 Å². The van der Waals surface area contributed by atoms with Gasteiger partial charge in [-0.25, -0.2) is 0 Å². The largest absolute Gasteiger partial charge is 0.361 e. The van der Waals surface area contributed by atoms with E-state index in [0.29, 0.717) is 11.6 Å². The molecule has 5 heteroatoms. The smallest absolute Gasteiger partial charge is 0.238 e. The summed E-state index contributed by atoms with van der Waals surface area (Å²) in [5.74, 6) is 0.0721. The van der Waals surface area contributed by atoms with Gasteiger partial charge < -0.3 is 15.2 Å². The van der Waals surface area contributed by atoms with Crippen LogP contribution in [0.5, 0.6) is 0 Å². The molecule has 0 saturated heterocycles. The van der Waals surface area contributed by atoms with E-state index in [9.17, 15) is 4.79 Å². The van der Waals surface area contributed by atoms with Crippen LogP contribution < -0.4 is 5.32 Å². The maximum absolute atomic E-state index is 11.7. The fourth-order valence-corrected chi connectivity index (χ4v) is 2.21. The van der Waals surface area contributed by atoms with Crippen LogP contribution in [0.3, 0.4) is 0 Å². The monoisotopic (exact) mass is 279 g/mol. The topological polar surface area (TPSA) is 48.1 Å². The predicted molar refractivity (Wildman–Crippen MR) is 78.3 cm³/mol. The number of likely N-dealkylation sites (N-methyl/N-ethyl adjacent to an activating group) is 1. The van der Waals surface area contributed by atoms with Crippen LogP contribution in [-0.2, 0) is 11.3 Å². The molecule has 0 spiro atoms. The Morgan fingerprint density at radius 1 is 1.47 bits per heavy atom. The molecule has 1 aromatic heterocycles. The molecule has 1 aromatic carbocycles. The summed E-state index contributed by atoms with van der Waals surface area (Å²) in [6.07, 6.45) is 1.95. The van der Waals surface area contributed by atoms with Gasteiger partial charge in [-0.2, -0.15) is 0 Å². The average Bonchev–Trinajstić information content (AvgIpc) is 2.77. The Morgan fingerprint density at radius 3 is 2.89 bits per heavy atom. The number of hydrogen-bond donors (Lipinski definition) is 2. The Morgan fingerprint density at radius 2 is 2.21 bits per heavy atom. The van der Waals surface area contributed by atoms with E-state index in [4.69, 9.17) is 11.6 Å². The molecule has 2 rings (SSSR count). The van der Waals surface area contributed by atoms with Crippen molar-refractivity contribution >= 4 is 28.4 Å². The molecule has 0 saturated carbocycles. The van der Waals surface area contributed by atoms with Crippen LogP contribution in [0.4, 0.5) is 0 Å². The lowest BCUT2D eigenvalue weighted by Gasteiger charge is -2.17. The lowest BCUT2D eigenvalue weighted by atomic mass is 10.1. The molecule has 0 fully saturated rings. The summed E-state index contributed by atoms with van der Waals surface area (Å²) in [5.41, 5.74) is 2.14. The maximum atomic E-state index is 11.7. The number of nitrogens with one attached hydrogen (secondary N) is 2. The van der Waals surface area contributed by atoms with Crippen LogP contribution in [0.25, 0.3) is 10.9 Å². The van der Waals surface area contributed by atoms with Crippen molar-refractivity contribution in [2.45, 2.75) is 19.5 Å². The summed E-state index contributed by atoms with van der Waals surface area (Å²) in [4.78, 5) is 16.5. The molecule has 102 valence electrons. The first-order valence-electron chi connectivity index (χ1n) is 6.19. The van der Waals surface area contributed by atoms with Gasteiger partial charge >= 0.3 is 0 Å². The molecule has 0 aliphatic heterocycles. The zero-order valence-electron chi connectivity index (χ0n) is 11.3. The molecule has 1 unspecified atom stereocenters. The van der Waals surface area contributed by atoms with Crippen LogP contribution in [0, 0.1) is 0 Å². The number of aromatic nitrogens is 1. The number of H-pyrrole nitrogens is 1. The van der Waals surface area contributed by atoms with Gasteiger partial charge in [0.2, 0.25) is 5.91 Å². The highest BCUT2D eigenvalue weighted by Gasteiger charge is 2.14. The first-order valence-corrected chi connectivity index (χ1v) is 6.57. The summed E-state index contributed by atoms with van der Waals surface area (Å²) in [6, 6.07) is 5.56. The van der Waals surface area contributed by atoms with Crippen molar-refractivity contribution < 1.29 is 4.79 Å². The van der Waals surface area contributed by atoms with E-state index in [1.54, 1.807) is 19.0 Å². The number of fused-ring (bicyclic) bond motifs is 1. The Labute approximate surface area is 117 Å². The van der Waals surface area contributed by atoms with Crippen molar-refractivity contribution in [2.75, 3.05) is 14.1 Å². The number of nitrogens with zero attached hydrogens (tertiary/aromatic N) is 1. The maximum Gasteiger partial charge on any atom is 0.238 e. The second kappa shape index (κ2) is 5.63. The van der Waals surface area contributed by atoms with Crippen molar-refractivity contribution in [3.63, 3.8) is 0 Å². The number of carbonyl (C=O) groups excluding carboxylic acids is 1. The fourth-order valence-electron chi connectivity index (χ4n) is 2.04. The van der Waals surface area contributed by atoms with Gasteiger partial charge in [0, 0.05) is 42.8 Å². The summed E-state index contributed by atoms with van der Waals surface area (Å²) in [6.45, 7) is 2.51. The lowest BCUT2D eigenvalue weighted by Crippen LogP contribution is -2.41. The highest BCUT2D eigenvalue weighted by atomic mass is 35.5. The lowest BCUT2D eigenvalue weighted by molar-refractivity contribution is -0.130. The highest BCUT2D eigenvalue weighted by Crippen LogP contribution is 2.21. The number of halogens is 1. The molecule has 1 amide bonds. The van der Waals surface area contributed by atoms with E-state index in [1.165, 1.54) is 0 Å².